The fourth-order valence-corrected chi connectivity index (χ4v) is 4.67. The number of piperidine rings is 1. The molecule has 2 N–H and O–H groups in total. The van der Waals surface area contributed by atoms with Gasteiger partial charge in [-0.2, -0.15) is 0 Å². The average molecular weight is 347 g/mol. The van der Waals surface area contributed by atoms with Gasteiger partial charge in [0.05, 0.1) is 6.26 Å². The number of carbonyl (C=O) groups excluding carboxylic acids is 1. The highest BCUT2D eigenvalue weighted by Gasteiger charge is 2.38. The number of nitrogens with one attached hydrogen (secondary N) is 2. The van der Waals surface area contributed by atoms with Gasteiger partial charge in [0, 0.05) is 22.0 Å². The molecule has 0 atom stereocenters. The largest absolute Gasteiger partial charge is 0.462 e. The summed E-state index contributed by atoms with van der Waals surface area (Å²) in [5.41, 5.74) is 0.493. The van der Waals surface area contributed by atoms with Crippen molar-refractivity contribution in [3.05, 3.63) is 29.0 Å². The molecule has 130 valence electrons. The highest BCUT2D eigenvalue weighted by atomic mass is 32.1. The predicted octanol–water partition coefficient (Wildman–Crippen LogP) is 3.75. The van der Waals surface area contributed by atoms with E-state index in [9.17, 15) is 4.79 Å². The molecule has 1 aliphatic rings. The Morgan fingerprint density at radius 1 is 1.33 bits per heavy atom. The van der Waals surface area contributed by atoms with E-state index < -0.39 is 0 Å². The molecule has 2 aromatic rings. The number of hydrogen-bond acceptors (Lipinski definition) is 5. The zero-order chi connectivity index (χ0) is 17.5. The number of nitrogens with zero attached hydrogens (tertiary/aromatic N) is 1. The lowest BCUT2D eigenvalue weighted by Gasteiger charge is -2.46. The van der Waals surface area contributed by atoms with Gasteiger partial charge >= 0.3 is 0 Å². The Morgan fingerprint density at radius 2 is 2.00 bits per heavy atom. The Kier molecular flexibility index (Phi) is 4.30. The number of aryl methyl sites for hydroxylation is 1. The van der Waals surface area contributed by atoms with E-state index in [1.165, 1.54) is 11.3 Å². The zero-order valence-electron chi connectivity index (χ0n) is 14.9. The van der Waals surface area contributed by atoms with Crippen LogP contribution in [0.15, 0.2) is 22.8 Å². The molecule has 3 rings (SSSR count). The van der Waals surface area contributed by atoms with Crippen molar-refractivity contribution in [3.8, 4) is 10.8 Å². The van der Waals surface area contributed by atoms with Crippen LogP contribution in [0.3, 0.4) is 0 Å². The number of aromatic nitrogens is 1. The average Bonchev–Trinajstić information content (AvgIpc) is 3.03. The standard InChI is InChI=1S/C18H25N3O2S/c1-11-14(20-16(24-11)13-7-6-8-23-13)15(22)19-12-9-17(2,3)21-18(4,5)10-12/h6-8,12,21H,9-10H2,1-5H3,(H,19,22). The molecule has 6 heteroatoms. The van der Waals surface area contributed by atoms with Gasteiger partial charge in [-0.05, 0) is 59.6 Å². The summed E-state index contributed by atoms with van der Waals surface area (Å²) in [6, 6.07) is 3.82. The molecule has 1 amide bonds. The van der Waals surface area contributed by atoms with Gasteiger partial charge in [-0.15, -0.1) is 11.3 Å². The third-order valence-corrected chi connectivity index (χ3v) is 5.25. The topological polar surface area (TPSA) is 67.2 Å². The number of thiazole rings is 1. The molecule has 0 aromatic carbocycles. The van der Waals surface area contributed by atoms with Crippen LogP contribution in [0, 0.1) is 6.92 Å². The van der Waals surface area contributed by atoms with Crippen LogP contribution in [0.25, 0.3) is 10.8 Å². The molecule has 0 spiro atoms. The lowest BCUT2D eigenvalue weighted by atomic mass is 9.79. The maximum atomic E-state index is 12.7. The summed E-state index contributed by atoms with van der Waals surface area (Å²) in [6.07, 6.45) is 3.41. The summed E-state index contributed by atoms with van der Waals surface area (Å²) in [7, 11) is 0. The van der Waals surface area contributed by atoms with Crippen LogP contribution < -0.4 is 10.6 Å². The first-order valence-corrected chi connectivity index (χ1v) is 9.08. The summed E-state index contributed by atoms with van der Waals surface area (Å²) in [6.45, 7) is 10.6. The van der Waals surface area contributed by atoms with Crippen molar-refractivity contribution >= 4 is 17.2 Å². The lowest BCUT2D eigenvalue weighted by molar-refractivity contribution is 0.0868. The normalized spacial score (nSPS) is 20.0. The van der Waals surface area contributed by atoms with E-state index in [0.29, 0.717) is 11.5 Å². The highest BCUT2D eigenvalue weighted by Crippen LogP contribution is 2.30. The van der Waals surface area contributed by atoms with Gasteiger partial charge in [-0.1, -0.05) is 0 Å². The van der Waals surface area contributed by atoms with Crippen molar-refractivity contribution in [1.82, 2.24) is 15.6 Å². The van der Waals surface area contributed by atoms with Crippen LogP contribution in [0.5, 0.6) is 0 Å². The van der Waals surface area contributed by atoms with Gasteiger partial charge in [0.2, 0.25) is 0 Å². The van der Waals surface area contributed by atoms with E-state index in [2.05, 4.69) is 43.3 Å². The SMILES string of the molecule is Cc1sc(-c2ccco2)nc1C(=O)NC1CC(C)(C)NC(C)(C)C1. The van der Waals surface area contributed by atoms with Crippen molar-refractivity contribution in [3.63, 3.8) is 0 Å². The molecule has 0 bridgehead atoms. The van der Waals surface area contributed by atoms with E-state index in [1.807, 2.05) is 19.1 Å². The highest BCUT2D eigenvalue weighted by molar-refractivity contribution is 7.15. The minimum Gasteiger partial charge on any atom is -0.462 e. The Hall–Kier alpha value is -1.66. The van der Waals surface area contributed by atoms with Gasteiger partial charge in [-0.3, -0.25) is 4.79 Å². The Balaban J connectivity index is 1.76. The Bertz CT molecular complexity index is 716. The molecule has 1 fully saturated rings. The number of furan rings is 1. The predicted molar refractivity (Wildman–Crippen MR) is 96.3 cm³/mol. The van der Waals surface area contributed by atoms with Crippen LogP contribution >= 0.6 is 11.3 Å². The third-order valence-electron chi connectivity index (χ3n) is 4.27. The second kappa shape index (κ2) is 6.01. The molecule has 24 heavy (non-hydrogen) atoms. The minimum absolute atomic E-state index is 0.00382. The smallest absolute Gasteiger partial charge is 0.271 e. The van der Waals surface area contributed by atoms with Crippen LogP contribution in [0.4, 0.5) is 0 Å². The van der Waals surface area contributed by atoms with Gasteiger partial charge < -0.3 is 15.1 Å². The quantitative estimate of drug-likeness (QED) is 0.887. The van der Waals surface area contributed by atoms with Gasteiger partial charge in [-0.25, -0.2) is 4.98 Å². The first kappa shape index (κ1) is 17.2. The Labute approximate surface area is 146 Å². The molecule has 1 saturated heterocycles. The van der Waals surface area contributed by atoms with Crippen molar-refractivity contribution in [2.75, 3.05) is 0 Å². The van der Waals surface area contributed by atoms with Crippen LogP contribution in [0.2, 0.25) is 0 Å². The number of rotatable bonds is 3. The van der Waals surface area contributed by atoms with E-state index >= 15 is 0 Å². The first-order valence-electron chi connectivity index (χ1n) is 8.27. The molecular weight excluding hydrogens is 322 g/mol. The third kappa shape index (κ3) is 3.70. The van der Waals surface area contributed by atoms with E-state index in [0.717, 1.165) is 22.7 Å². The maximum absolute atomic E-state index is 12.7. The molecule has 0 saturated carbocycles. The minimum atomic E-state index is -0.0972. The molecule has 0 radical (unpaired) electrons. The van der Waals surface area contributed by atoms with Crippen molar-refractivity contribution in [2.45, 2.75) is 64.6 Å². The molecule has 5 nitrogen and oxygen atoms in total. The van der Waals surface area contributed by atoms with Crippen LogP contribution in [-0.4, -0.2) is 28.0 Å². The van der Waals surface area contributed by atoms with E-state index in [1.54, 1.807) is 6.26 Å². The van der Waals surface area contributed by atoms with Crippen LogP contribution in [-0.2, 0) is 0 Å². The Morgan fingerprint density at radius 3 is 2.58 bits per heavy atom. The summed E-state index contributed by atoms with van der Waals surface area (Å²) < 4.78 is 5.38. The van der Waals surface area contributed by atoms with Crippen molar-refractivity contribution in [1.29, 1.82) is 0 Å². The van der Waals surface area contributed by atoms with Gasteiger partial charge in [0.15, 0.2) is 10.8 Å². The molecular formula is C18H25N3O2S. The van der Waals surface area contributed by atoms with Gasteiger partial charge in [0.25, 0.3) is 5.91 Å². The molecule has 2 aromatic heterocycles. The monoisotopic (exact) mass is 347 g/mol. The molecule has 0 aliphatic carbocycles. The number of hydrogen-bond donors (Lipinski definition) is 2. The summed E-state index contributed by atoms with van der Waals surface area (Å²) in [4.78, 5) is 18.1. The van der Waals surface area contributed by atoms with Crippen LogP contribution in [0.1, 0.15) is 55.9 Å². The number of carbonyl (C=O) groups is 1. The van der Waals surface area contributed by atoms with E-state index in [-0.39, 0.29) is 23.0 Å². The van der Waals surface area contributed by atoms with E-state index in [4.69, 9.17) is 4.42 Å². The second-order valence-corrected chi connectivity index (χ2v) is 9.08. The summed E-state index contributed by atoms with van der Waals surface area (Å²) >= 11 is 1.48. The summed E-state index contributed by atoms with van der Waals surface area (Å²) in [5, 5.41) is 7.56. The fraction of sp³-hybridized carbons (Fsp3) is 0.556. The number of amides is 1. The van der Waals surface area contributed by atoms with Gasteiger partial charge in [0.1, 0.15) is 5.69 Å². The van der Waals surface area contributed by atoms with Crippen molar-refractivity contribution in [2.24, 2.45) is 0 Å². The van der Waals surface area contributed by atoms with Crippen molar-refractivity contribution < 1.29 is 9.21 Å². The molecule has 3 heterocycles. The lowest BCUT2D eigenvalue weighted by Crippen LogP contribution is -2.62. The molecule has 1 aliphatic heterocycles. The summed E-state index contributed by atoms with van der Waals surface area (Å²) in [5.74, 6) is 0.603. The first-order chi connectivity index (χ1) is 11.2. The fourth-order valence-electron chi connectivity index (χ4n) is 3.79. The zero-order valence-corrected chi connectivity index (χ0v) is 15.7. The molecule has 0 unspecified atom stereocenters. The second-order valence-electron chi connectivity index (χ2n) is 7.87. The maximum Gasteiger partial charge on any atom is 0.271 e.